The van der Waals surface area contributed by atoms with Crippen molar-refractivity contribution in [2.75, 3.05) is 24.7 Å². The van der Waals surface area contributed by atoms with Gasteiger partial charge < -0.3 is 14.8 Å². The zero-order valence-corrected chi connectivity index (χ0v) is 18.4. The molecule has 0 bridgehead atoms. The number of carbonyl (C=O) groups is 2. The maximum absolute atomic E-state index is 12.5. The molecule has 0 aliphatic heterocycles. The van der Waals surface area contributed by atoms with E-state index in [1.165, 1.54) is 16.7 Å². The van der Waals surface area contributed by atoms with Crippen LogP contribution in [0.1, 0.15) is 11.1 Å². The summed E-state index contributed by atoms with van der Waals surface area (Å²) in [5.74, 6) is 0.537. The fraction of sp³-hybridized carbons (Fsp3) is 0.273. The van der Waals surface area contributed by atoms with Crippen molar-refractivity contribution in [2.24, 2.45) is 7.05 Å². The number of thioether (sulfide) groups is 1. The Balaban J connectivity index is 1.54. The summed E-state index contributed by atoms with van der Waals surface area (Å²) < 4.78 is 1.86. The molecule has 0 aliphatic carbocycles. The van der Waals surface area contributed by atoms with Crippen LogP contribution in [0.2, 0.25) is 0 Å². The summed E-state index contributed by atoms with van der Waals surface area (Å²) in [6.07, 6.45) is 0. The van der Waals surface area contributed by atoms with E-state index in [9.17, 15) is 9.59 Å². The molecule has 0 spiro atoms. The van der Waals surface area contributed by atoms with Gasteiger partial charge in [0.15, 0.2) is 11.0 Å². The second-order valence-corrected chi connectivity index (χ2v) is 8.08. The molecule has 0 radical (unpaired) electrons. The maximum atomic E-state index is 12.5. The van der Waals surface area contributed by atoms with E-state index >= 15 is 0 Å². The van der Waals surface area contributed by atoms with Crippen molar-refractivity contribution in [3.63, 3.8) is 0 Å². The Kier molecular flexibility index (Phi) is 6.89. The largest absolute Gasteiger partial charge is 0.336 e. The average molecular weight is 424 g/mol. The highest BCUT2D eigenvalue weighted by Gasteiger charge is 2.17. The third-order valence-corrected chi connectivity index (χ3v) is 5.67. The number of anilines is 1. The first-order valence-electron chi connectivity index (χ1n) is 9.54. The second kappa shape index (κ2) is 9.58. The van der Waals surface area contributed by atoms with Gasteiger partial charge in [-0.3, -0.25) is 9.59 Å². The molecule has 0 fully saturated rings. The number of hydrogen-bond donors (Lipinski definition) is 1. The van der Waals surface area contributed by atoms with E-state index in [4.69, 9.17) is 0 Å². The van der Waals surface area contributed by atoms with Crippen molar-refractivity contribution in [2.45, 2.75) is 19.0 Å². The Morgan fingerprint density at radius 1 is 1.10 bits per heavy atom. The normalized spacial score (nSPS) is 10.7. The highest BCUT2D eigenvalue weighted by Crippen LogP contribution is 2.22. The Labute approximate surface area is 180 Å². The summed E-state index contributed by atoms with van der Waals surface area (Å²) in [4.78, 5) is 26.2. The van der Waals surface area contributed by atoms with E-state index in [0.29, 0.717) is 5.16 Å². The monoisotopic (exact) mass is 423 g/mol. The highest BCUT2D eigenvalue weighted by molar-refractivity contribution is 7.99. The lowest BCUT2D eigenvalue weighted by atomic mass is 10.1. The molecule has 1 N–H and O–H groups in total. The standard InChI is InChI=1S/C22H25N5O2S/c1-15-10-11-16(2)18(12-15)23-19(28)13-26(3)20(29)14-30-22-25-24-21(27(22)4)17-8-6-5-7-9-17/h5-12H,13-14H2,1-4H3,(H,23,28). The minimum atomic E-state index is -0.227. The van der Waals surface area contributed by atoms with Crippen LogP contribution in [0, 0.1) is 13.8 Å². The highest BCUT2D eigenvalue weighted by atomic mass is 32.2. The summed E-state index contributed by atoms with van der Waals surface area (Å²) in [5, 5.41) is 11.9. The molecule has 2 aromatic carbocycles. The first kappa shape index (κ1) is 21.6. The van der Waals surface area contributed by atoms with Crippen molar-refractivity contribution in [1.29, 1.82) is 0 Å². The molecule has 3 aromatic rings. The van der Waals surface area contributed by atoms with Gasteiger partial charge in [-0.05, 0) is 31.0 Å². The molecule has 0 atom stereocenters. The van der Waals surface area contributed by atoms with Crippen LogP contribution in [0.3, 0.4) is 0 Å². The van der Waals surface area contributed by atoms with Gasteiger partial charge in [-0.1, -0.05) is 54.2 Å². The van der Waals surface area contributed by atoms with Crippen molar-refractivity contribution in [3.05, 3.63) is 59.7 Å². The smallest absolute Gasteiger partial charge is 0.243 e. The number of rotatable bonds is 7. The van der Waals surface area contributed by atoms with E-state index < -0.39 is 0 Å². The van der Waals surface area contributed by atoms with E-state index in [-0.39, 0.29) is 24.1 Å². The van der Waals surface area contributed by atoms with Crippen LogP contribution in [-0.2, 0) is 16.6 Å². The molecule has 8 heteroatoms. The van der Waals surface area contributed by atoms with Gasteiger partial charge in [0.05, 0.1) is 12.3 Å². The van der Waals surface area contributed by atoms with E-state index in [0.717, 1.165) is 28.2 Å². The molecule has 2 amide bonds. The second-order valence-electron chi connectivity index (χ2n) is 7.14. The number of aromatic nitrogens is 3. The van der Waals surface area contributed by atoms with Crippen LogP contribution in [-0.4, -0.2) is 50.8 Å². The number of nitrogens with one attached hydrogen (secondary N) is 1. The number of carbonyl (C=O) groups excluding carboxylic acids is 2. The molecule has 1 heterocycles. The Morgan fingerprint density at radius 2 is 1.83 bits per heavy atom. The molecular weight excluding hydrogens is 398 g/mol. The van der Waals surface area contributed by atoms with E-state index in [1.807, 2.05) is 74.0 Å². The van der Waals surface area contributed by atoms with Gasteiger partial charge in [-0.15, -0.1) is 10.2 Å². The number of nitrogens with zero attached hydrogens (tertiary/aromatic N) is 4. The molecular formula is C22H25N5O2S. The first-order chi connectivity index (χ1) is 14.3. The molecule has 0 saturated carbocycles. The topological polar surface area (TPSA) is 80.1 Å². The minimum Gasteiger partial charge on any atom is -0.336 e. The van der Waals surface area contributed by atoms with Gasteiger partial charge >= 0.3 is 0 Å². The number of aryl methyl sites for hydroxylation is 2. The molecule has 0 saturated heterocycles. The molecule has 3 rings (SSSR count). The van der Waals surface area contributed by atoms with E-state index in [2.05, 4.69) is 15.5 Å². The van der Waals surface area contributed by atoms with Crippen molar-refractivity contribution >= 4 is 29.3 Å². The maximum Gasteiger partial charge on any atom is 0.243 e. The van der Waals surface area contributed by atoms with Gasteiger partial charge in [-0.25, -0.2) is 0 Å². The van der Waals surface area contributed by atoms with Crippen molar-refractivity contribution < 1.29 is 9.59 Å². The van der Waals surface area contributed by atoms with Crippen molar-refractivity contribution in [1.82, 2.24) is 19.7 Å². The number of benzene rings is 2. The minimum absolute atomic E-state index is 0.0130. The van der Waals surface area contributed by atoms with Crippen LogP contribution in [0.5, 0.6) is 0 Å². The summed E-state index contributed by atoms with van der Waals surface area (Å²) in [6, 6.07) is 15.6. The van der Waals surface area contributed by atoms with Crippen LogP contribution in [0.15, 0.2) is 53.7 Å². The first-order valence-corrected chi connectivity index (χ1v) is 10.5. The summed E-state index contributed by atoms with van der Waals surface area (Å²) in [6.45, 7) is 3.89. The quantitative estimate of drug-likeness (QED) is 0.590. The molecule has 1 aromatic heterocycles. The molecule has 156 valence electrons. The lowest BCUT2D eigenvalue weighted by Gasteiger charge is -2.17. The molecule has 0 aliphatic rings. The third-order valence-electron chi connectivity index (χ3n) is 4.67. The van der Waals surface area contributed by atoms with Gasteiger partial charge in [0.1, 0.15) is 0 Å². The fourth-order valence-corrected chi connectivity index (χ4v) is 3.73. The van der Waals surface area contributed by atoms with Gasteiger partial charge in [0.25, 0.3) is 0 Å². The Bertz CT molecular complexity index is 1050. The van der Waals surface area contributed by atoms with Crippen molar-refractivity contribution in [3.8, 4) is 11.4 Å². The predicted octanol–water partition coefficient (Wildman–Crippen LogP) is 3.29. The lowest BCUT2D eigenvalue weighted by molar-refractivity contribution is -0.131. The number of amides is 2. The zero-order valence-electron chi connectivity index (χ0n) is 17.5. The summed E-state index contributed by atoms with van der Waals surface area (Å²) >= 11 is 1.30. The third kappa shape index (κ3) is 5.27. The Morgan fingerprint density at radius 3 is 2.57 bits per heavy atom. The summed E-state index contributed by atoms with van der Waals surface area (Å²) in [5.41, 5.74) is 3.78. The Hall–Kier alpha value is -3.13. The number of hydrogen-bond acceptors (Lipinski definition) is 5. The van der Waals surface area contributed by atoms with Crippen LogP contribution < -0.4 is 5.32 Å². The van der Waals surface area contributed by atoms with Gasteiger partial charge in [-0.2, -0.15) is 0 Å². The number of likely N-dealkylation sites (N-methyl/N-ethyl adjacent to an activating group) is 1. The average Bonchev–Trinajstić information content (AvgIpc) is 3.09. The van der Waals surface area contributed by atoms with Gasteiger partial charge in [0.2, 0.25) is 11.8 Å². The van der Waals surface area contributed by atoms with Crippen LogP contribution >= 0.6 is 11.8 Å². The predicted molar refractivity (Wildman–Crippen MR) is 119 cm³/mol. The van der Waals surface area contributed by atoms with Crippen LogP contribution in [0.4, 0.5) is 5.69 Å². The van der Waals surface area contributed by atoms with E-state index in [1.54, 1.807) is 7.05 Å². The lowest BCUT2D eigenvalue weighted by Crippen LogP contribution is -2.36. The molecule has 7 nitrogen and oxygen atoms in total. The van der Waals surface area contributed by atoms with Gasteiger partial charge in [0, 0.05) is 25.3 Å². The zero-order chi connectivity index (χ0) is 21.7. The molecule has 30 heavy (non-hydrogen) atoms. The summed E-state index contributed by atoms with van der Waals surface area (Å²) in [7, 11) is 3.49. The fourth-order valence-electron chi connectivity index (χ4n) is 2.88. The molecule has 0 unspecified atom stereocenters. The van der Waals surface area contributed by atoms with Crippen LogP contribution in [0.25, 0.3) is 11.4 Å². The SMILES string of the molecule is Cc1ccc(C)c(NC(=O)CN(C)C(=O)CSc2nnc(-c3ccccc3)n2C)c1.